The maximum atomic E-state index is 12.0. The summed E-state index contributed by atoms with van der Waals surface area (Å²) in [6.45, 7) is 7.13. The van der Waals surface area contributed by atoms with E-state index in [1.165, 1.54) is 16.7 Å². The second-order valence-corrected chi connectivity index (χ2v) is 9.79. The van der Waals surface area contributed by atoms with Crippen molar-refractivity contribution >= 4 is 29.3 Å². The van der Waals surface area contributed by atoms with Gasteiger partial charge in [0.1, 0.15) is 5.82 Å². The van der Waals surface area contributed by atoms with Crippen molar-refractivity contribution in [1.82, 2.24) is 20.1 Å². The van der Waals surface area contributed by atoms with E-state index < -0.39 is 0 Å². The van der Waals surface area contributed by atoms with Gasteiger partial charge in [0.15, 0.2) is 5.16 Å². The van der Waals surface area contributed by atoms with Gasteiger partial charge >= 0.3 is 0 Å². The molecule has 3 aromatic rings. The molecule has 1 heterocycles. The fourth-order valence-corrected chi connectivity index (χ4v) is 4.88. The molecule has 0 fully saturated rings. The van der Waals surface area contributed by atoms with Gasteiger partial charge in [-0.2, -0.15) is 0 Å². The standard InChI is InChI=1S/C26H33ClN4OS/c1-4-5-13-28-25(32)12-7-6-11-24-29-30-26(31(24)23-10-8-9-22(27)17-23)33-18-21-15-19(2)14-20(3)16-21/h8-10,14-17H,4-7,11-13,18H2,1-3H3,(H,28,32). The monoisotopic (exact) mass is 484 g/mol. The number of amides is 1. The zero-order chi connectivity index (χ0) is 23.6. The number of rotatable bonds is 12. The van der Waals surface area contributed by atoms with E-state index in [1.807, 2.05) is 24.3 Å². The molecule has 1 N–H and O–H groups in total. The van der Waals surface area contributed by atoms with Crippen molar-refractivity contribution in [3.05, 3.63) is 70.0 Å². The van der Waals surface area contributed by atoms with Crippen LogP contribution < -0.4 is 5.32 Å². The Morgan fingerprint density at radius 2 is 1.85 bits per heavy atom. The van der Waals surface area contributed by atoms with E-state index in [4.69, 9.17) is 11.6 Å². The quantitative estimate of drug-likeness (QED) is 0.237. The summed E-state index contributed by atoms with van der Waals surface area (Å²) >= 11 is 7.96. The van der Waals surface area contributed by atoms with E-state index in [1.54, 1.807) is 11.8 Å². The second kappa shape index (κ2) is 12.8. The van der Waals surface area contributed by atoms with Crippen molar-refractivity contribution in [3.63, 3.8) is 0 Å². The highest BCUT2D eigenvalue weighted by Gasteiger charge is 2.15. The summed E-state index contributed by atoms with van der Waals surface area (Å²) in [6, 6.07) is 14.4. The second-order valence-electron chi connectivity index (χ2n) is 8.41. The van der Waals surface area contributed by atoms with Crippen LogP contribution in [0.1, 0.15) is 61.5 Å². The van der Waals surface area contributed by atoms with E-state index >= 15 is 0 Å². The van der Waals surface area contributed by atoms with Gasteiger partial charge in [-0.15, -0.1) is 10.2 Å². The predicted octanol–water partition coefficient (Wildman–Crippen LogP) is 6.46. The van der Waals surface area contributed by atoms with Crippen molar-refractivity contribution in [1.29, 1.82) is 0 Å². The summed E-state index contributed by atoms with van der Waals surface area (Å²) in [5.41, 5.74) is 4.76. The van der Waals surface area contributed by atoms with Crippen molar-refractivity contribution in [2.45, 2.75) is 70.2 Å². The summed E-state index contributed by atoms with van der Waals surface area (Å²) in [7, 11) is 0. The predicted molar refractivity (Wildman–Crippen MR) is 137 cm³/mol. The van der Waals surface area contributed by atoms with Crippen LogP contribution in [0.4, 0.5) is 0 Å². The summed E-state index contributed by atoms with van der Waals surface area (Å²) in [5, 5.41) is 13.5. The Balaban J connectivity index is 1.69. The van der Waals surface area contributed by atoms with E-state index in [0.717, 1.165) is 61.1 Å². The molecule has 0 saturated heterocycles. The van der Waals surface area contributed by atoms with Crippen LogP contribution in [0.5, 0.6) is 0 Å². The van der Waals surface area contributed by atoms with Crippen molar-refractivity contribution in [2.24, 2.45) is 0 Å². The Morgan fingerprint density at radius 1 is 1.06 bits per heavy atom. The maximum Gasteiger partial charge on any atom is 0.219 e. The first kappa shape index (κ1) is 25.3. The van der Waals surface area contributed by atoms with Crippen LogP contribution in [-0.2, 0) is 17.0 Å². The molecule has 33 heavy (non-hydrogen) atoms. The van der Waals surface area contributed by atoms with Gasteiger partial charge in [-0.25, -0.2) is 0 Å². The van der Waals surface area contributed by atoms with Crippen molar-refractivity contribution in [2.75, 3.05) is 6.54 Å². The Hall–Kier alpha value is -2.31. The maximum absolute atomic E-state index is 12.0. The molecule has 5 nitrogen and oxygen atoms in total. The lowest BCUT2D eigenvalue weighted by atomic mass is 10.1. The summed E-state index contributed by atoms with van der Waals surface area (Å²) < 4.78 is 2.10. The van der Waals surface area contributed by atoms with Crippen LogP contribution >= 0.6 is 23.4 Å². The lowest BCUT2D eigenvalue weighted by Crippen LogP contribution is -2.23. The summed E-state index contributed by atoms with van der Waals surface area (Å²) in [4.78, 5) is 12.0. The number of halogens is 1. The molecule has 176 valence electrons. The van der Waals surface area contributed by atoms with Gasteiger partial charge in [0, 0.05) is 30.2 Å². The molecule has 7 heteroatoms. The number of thioether (sulfide) groups is 1. The number of carbonyl (C=O) groups is 1. The van der Waals surface area contributed by atoms with Crippen LogP contribution in [-0.4, -0.2) is 27.2 Å². The molecule has 0 aliphatic carbocycles. The Labute approximate surface area is 206 Å². The van der Waals surface area contributed by atoms with Gasteiger partial charge in [-0.05, 0) is 56.9 Å². The number of nitrogens with one attached hydrogen (secondary N) is 1. The van der Waals surface area contributed by atoms with E-state index in [2.05, 4.69) is 59.1 Å². The molecule has 0 aliphatic rings. The number of aryl methyl sites for hydroxylation is 3. The molecule has 0 saturated carbocycles. The minimum absolute atomic E-state index is 0.129. The van der Waals surface area contributed by atoms with Gasteiger partial charge in [0.05, 0.1) is 5.69 Å². The third kappa shape index (κ3) is 7.90. The van der Waals surface area contributed by atoms with Gasteiger partial charge in [-0.3, -0.25) is 9.36 Å². The van der Waals surface area contributed by atoms with Crippen LogP contribution in [0.2, 0.25) is 5.02 Å². The molecule has 0 unspecified atom stereocenters. The number of hydrogen-bond acceptors (Lipinski definition) is 4. The van der Waals surface area contributed by atoms with Crippen molar-refractivity contribution in [3.8, 4) is 5.69 Å². The first-order valence-corrected chi connectivity index (χ1v) is 13.0. The highest BCUT2D eigenvalue weighted by atomic mass is 35.5. The fourth-order valence-electron chi connectivity index (χ4n) is 3.79. The Morgan fingerprint density at radius 3 is 2.58 bits per heavy atom. The minimum atomic E-state index is 0.129. The van der Waals surface area contributed by atoms with Gasteiger partial charge in [0.25, 0.3) is 0 Å². The lowest BCUT2D eigenvalue weighted by molar-refractivity contribution is -0.121. The van der Waals surface area contributed by atoms with Crippen LogP contribution in [0, 0.1) is 13.8 Å². The molecule has 0 radical (unpaired) electrons. The number of aromatic nitrogens is 3. The third-order valence-electron chi connectivity index (χ3n) is 5.32. The summed E-state index contributed by atoms with van der Waals surface area (Å²) in [5.74, 6) is 1.84. The van der Waals surface area contributed by atoms with Crippen LogP contribution in [0.3, 0.4) is 0 Å². The molecule has 1 amide bonds. The molecule has 0 bridgehead atoms. The van der Waals surface area contributed by atoms with Gasteiger partial charge in [-0.1, -0.05) is 72.1 Å². The SMILES string of the molecule is CCCCNC(=O)CCCCc1nnc(SCc2cc(C)cc(C)c2)n1-c1cccc(Cl)c1. The zero-order valence-electron chi connectivity index (χ0n) is 19.7. The molecule has 2 aromatic carbocycles. The first-order valence-electron chi connectivity index (χ1n) is 11.6. The molecular weight excluding hydrogens is 452 g/mol. The van der Waals surface area contributed by atoms with Crippen LogP contribution in [0.25, 0.3) is 5.69 Å². The largest absolute Gasteiger partial charge is 0.356 e. The average Bonchev–Trinajstić information content (AvgIpc) is 3.17. The van der Waals surface area contributed by atoms with E-state index in [9.17, 15) is 4.79 Å². The normalized spacial score (nSPS) is 11.0. The molecule has 0 aliphatic heterocycles. The molecule has 0 atom stereocenters. The number of nitrogens with zero attached hydrogens (tertiary/aromatic N) is 3. The van der Waals surface area contributed by atoms with Gasteiger partial charge in [0.2, 0.25) is 5.91 Å². The third-order valence-corrected chi connectivity index (χ3v) is 6.56. The van der Waals surface area contributed by atoms with Crippen LogP contribution in [0.15, 0.2) is 47.6 Å². The first-order chi connectivity index (χ1) is 16.0. The minimum Gasteiger partial charge on any atom is -0.356 e. The molecular formula is C26H33ClN4OS. The van der Waals surface area contributed by atoms with Crippen molar-refractivity contribution < 1.29 is 4.79 Å². The summed E-state index contributed by atoms with van der Waals surface area (Å²) in [6.07, 6.45) is 5.11. The Kier molecular flexibility index (Phi) is 9.82. The number of unbranched alkanes of at least 4 members (excludes halogenated alkanes) is 2. The topological polar surface area (TPSA) is 59.8 Å². The Bertz CT molecular complexity index is 1050. The zero-order valence-corrected chi connectivity index (χ0v) is 21.3. The number of benzene rings is 2. The highest BCUT2D eigenvalue weighted by Crippen LogP contribution is 2.28. The number of hydrogen-bond donors (Lipinski definition) is 1. The highest BCUT2D eigenvalue weighted by molar-refractivity contribution is 7.98. The number of carbonyl (C=O) groups excluding carboxylic acids is 1. The average molecular weight is 485 g/mol. The molecule has 3 rings (SSSR count). The fraction of sp³-hybridized carbons (Fsp3) is 0.423. The molecule has 0 spiro atoms. The van der Waals surface area contributed by atoms with E-state index in [-0.39, 0.29) is 5.91 Å². The lowest BCUT2D eigenvalue weighted by Gasteiger charge is -2.11. The van der Waals surface area contributed by atoms with Gasteiger partial charge < -0.3 is 5.32 Å². The molecule has 1 aromatic heterocycles. The smallest absolute Gasteiger partial charge is 0.219 e. The van der Waals surface area contributed by atoms with E-state index in [0.29, 0.717) is 11.4 Å².